The molecular weight excluding hydrogens is 435 g/mol. The Labute approximate surface area is 177 Å². The summed E-state index contributed by atoms with van der Waals surface area (Å²) in [6.07, 6.45) is 3.02. The number of fused-ring (bicyclic) bond motifs is 1. The average Bonchev–Trinajstić information content (AvgIpc) is 3.40. The van der Waals surface area contributed by atoms with Crippen LogP contribution in [0.4, 0.5) is 13.2 Å². The average molecular weight is 451 g/mol. The number of rotatable bonds is 5. The molecule has 0 N–H and O–H groups in total. The van der Waals surface area contributed by atoms with Crippen molar-refractivity contribution in [3.63, 3.8) is 0 Å². The number of benzene rings is 1. The fourth-order valence-electron chi connectivity index (χ4n) is 3.23. The van der Waals surface area contributed by atoms with Gasteiger partial charge in [0.25, 0.3) is 0 Å². The lowest BCUT2D eigenvalue weighted by Gasteiger charge is -2.10. The lowest BCUT2D eigenvalue weighted by molar-refractivity contribution is -0.0328. The predicted molar refractivity (Wildman–Crippen MR) is 107 cm³/mol. The molecule has 1 aliphatic rings. The molecule has 30 heavy (non-hydrogen) atoms. The molecule has 1 atom stereocenters. The largest absolute Gasteiger partial charge is 0.446 e. The number of pyridine rings is 1. The first-order valence-corrected chi connectivity index (χ1v) is 11.3. The van der Waals surface area contributed by atoms with Crippen LogP contribution in [0, 0.1) is 18.3 Å². The maximum atomic E-state index is 12.8. The Morgan fingerprint density at radius 1 is 1.37 bits per heavy atom. The number of hydrogen-bond donors (Lipinski definition) is 0. The Morgan fingerprint density at radius 3 is 2.70 bits per heavy atom. The minimum Gasteiger partial charge on any atom is -0.435 e. The first-order chi connectivity index (χ1) is 14.2. The van der Waals surface area contributed by atoms with Gasteiger partial charge in [-0.05, 0) is 60.9 Å². The van der Waals surface area contributed by atoms with Gasteiger partial charge in [-0.3, -0.25) is 4.21 Å². The van der Waals surface area contributed by atoms with Crippen LogP contribution in [0.5, 0.6) is 0 Å². The van der Waals surface area contributed by atoms with Crippen LogP contribution in [0.25, 0.3) is 22.7 Å². The summed E-state index contributed by atoms with van der Waals surface area (Å²) in [5.74, 6) is 0.427. The molecule has 10 heteroatoms. The number of aromatic nitrogens is 2. The monoisotopic (exact) mass is 451 g/mol. The third kappa shape index (κ3) is 3.72. The van der Waals surface area contributed by atoms with Gasteiger partial charge in [-0.15, -0.1) is 0 Å². The van der Waals surface area contributed by atoms with Crippen molar-refractivity contribution in [2.45, 2.75) is 47.4 Å². The van der Waals surface area contributed by atoms with Crippen molar-refractivity contribution in [2.24, 2.45) is 0 Å². The van der Waals surface area contributed by atoms with Gasteiger partial charge in [-0.1, -0.05) is 6.92 Å². The molecule has 0 aliphatic heterocycles. The standard InChI is InChI=1S/C20H16F3N3O2S2/c1-3-30(27)15-8-12(19(10-24)6-7-19)9-25-17(15)18-26-16-11(2)14(29-20(21,22)23)5-4-13(16)28-18/h4-5,8-9H,3,6-7H2,1-2H3. The highest BCUT2D eigenvalue weighted by Gasteiger charge is 2.45. The predicted octanol–water partition coefficient (Wildman–Crippen LogP) is 5.49. The van der Waals surface area contributed by atoms with Crippen molar-refractivity contribution in [3.05, 3.63) is 35.5 Å². The Balaban J connectivity index is 1.83. The van der Waals surface area contributed by atoms with E-state index < -0.39 is 21.7 Å². The molecule has 0 amide bonds. The van der Waals surface area contributed by atoms with E-state index >= 15 is 0 Å². The Bertz CT molecular complexity index is 1210. The summed E-state index contributed by atoms with van der Waals surface area (Å²) in [7, 11) is -1.39. The fraction of sp³-hybridized carbons (Fsp3) is 0.350. The zero-order valence-electron chi connectivity index (χ0n) is 16.0. The maximum Gasteiger partial charge on any atom is 0.446 e. The van der Waals surface area contributed by atoms with Gasteiger partial charge < -0.3 is 4.42 Å². The van der Waals surface area contributed by atoms with E-state index in [0.29, 0.717) is 32.9 Å². The van der Waals surface area contributed by atoms with Crippen molar-refractivity contribution in [1.29, 1.82) is 5.26 Å². The number of halogens is 3. The molecule has 0 radical (unpaired) electrons. The summed E-state index contributed by atoms with van der Waals surface area (Å²) in [4.78, 5) is 9.21. The van der Waals surface area contributed by atoms with E-state index in [1.165, 1.54) is 12.1 Å². The van der Waals surface area contributed by atoms with E-state index in [1.54, 1.807) is 26.1 Å². The first kappa shape index (κ1) is 20.9. The van der Waals surface area contributed by atoms with Crippen molar-refractivity contribution in [1.82, 2.24) is 9.97 Å². The topological polar surface area (TPSA) is 79.8 Å². The van der Waals surface area contributed by atoms with Crippen LogP contribution in [0.3, 0.4) is 0 Å². The molecule has 3 aromatic rings. The van der Waals surface area contributed by atoms with Gasteiger partial charge in [0, 0.05) is 16.8 Å². The molecule has 5 nitrogen and oxygen atoms in total. The molecule has 0 saturated heterocycles. The number of oxazole rings is 1. The zero-order valence-corrected chi connectivity index (χ0v) is 17.7. The third-order valence-electron chi connectivity index (χ3n) is 5.07. The molecule has 0 spiro atoms. The first-order valence-electron chi connectivity index (χ1n) is 9.14. The van der Waals surface area contributed by atoms with Crippen molar-refractivity contribution < 1.29 is 21.8 Å². The van der Waals surface area contributed by atoms with E-state index in [-0.39, 0.29) is 28.2 Å². The van der Waals surface area contributed by atoms with Crippen LogP contribution >= 0.6 is 11.8 Å². The highest BCUT2D eigenvalue weighted by Crippen LogP contribution is 2.48. The summed E-state index contributed by atoms with van der Waals surface area (Å²) in [5.41, 5.74) is -3.04. The minimum atomic E-state index is -4.41. The van der Waals surface area contributed by atoms with E-state index in [0.717, 1.165) is 12.8 Å². The summed E-state index contributed by atoms with van der Waals surface area (Å²) >= 11 is -0.203. The van der Waals surface area contributed by atoms with Crippen LogP contribution in [-0.4, -0.2) is 25.4 Å². The molecule has 0 bridgehead atoms. The zero-order chi connectivity index (χ0) is 21.7. The summed E-state index contributed by atoms with van der Waals surface area (Å²) in [6, 6.07) is 6.79. The van der Waals surface area contributed by atoms with Gasteiger partial charge in [-0.25, -0.2) is 9.97 Å². The van der Waals surface area contributed by atoms with E-state index in [4.69, 9.17) is 4.42 Å². The third-order valence-corrected chi connectivity index (χ3v) is 7.29. The van der Waals surface area contributed by atoms with Crippen molar-refractivity contribution in [3.8, 4) is 17.7 Å². The second-order valence-electron chi connectivity index (χ2n) is 7.00. The minimum absolute atomic E-state index is 0.0419. The summed E-state index contributed by atoms with van der Waals surface area (Å²) in [6.45, 7) is 3.31. The Hall–Kier alpha value is -2.38. The van der Waals surface area contributed by atoms with Crippen LogP contribution < -0.4 is 0 Å². The lowest BCUT2D eigenvalue weighted by atomic mass is 9.99. The lowest BCUT2D eigenvalue weighted by Crippen LogP contribution is -2.07. The molecule has 1 aromatic carbocycles. The van der Waals surface area contributed by atoms with Gasteiger partial charge in [0.15, 0.2) is 5.58 Å². The van der Waals surface area contributed by atoms with Crippen LogP contribution in [-0.2, 0) is 16.2 Å². The smallest absolute Gasteiger partial charge is 0.435 e. The number of aryl methyl sites for hydroxylation is 1. The highest BCUT2D eigenvalue weighted by molar-refractivity contribution is 8.00. The van der Waals surface area contributed by atoms with Crippen molar-refractivity contribution in [2.75, 3.05) is 5.75 Å². The van der Waals surface area contributed by atoms with Gasteiger partial charge in [0.2, 0.25) is 5.89 Å². The number of alkyl halides is 3. The summed E-state index contributed by atoms with van der Waals surface area (Å²) in [5, 5.41) is 9.45. The van der Waals surface area contributed by atoms with Gasteiger partial charge in [0.1, 0.15) is 11.2 Å². The molecule has 1 saturated carbocycles. The maximum absolute atomic E-state index is 12.8. The van der Waals surface area contributed by atoms with E-state index in [1.807, 2.05) is 0 Å². The molecule has 156 valence electrons. The highest BCUT2D eigenvalue weighted by atomic mass is 32.2. The second-order valence-corrected chi connectivity index (χ2v) is 9.82. The molecule has 1 fully saturated rings. The molecule has 1 unspecified atom stereocenters. The second kappa shape index (κ2) is 7.39. The van der Waals surface area contributed by atoms with Crippen molar-refractivity contribution >= 4 is 33.7 Å². The number of nitrogens with zero attached hydrogens (tertiary/aromatic N) is 3. The van der Waals surface area contributed by atoms with Gasteiger partial charge >= 0.3 is 5.51 Å². The van der Waals surface area contributed by atoms with Crippen LogP contribution in [0.1, 0.15) is 30.9 Å². The normalized spacial score (nSPS) is 16.4. The molecular formula is C20H16F3N3O2S2. The SMILES string of the molecule is CCS(=O)c1cc(C2(C#N)CC2)cnc1-c1nc2c(C)c(SC(F)(F)F)ccc2o1. The summed E-state index contributed by atoms with van der Waals surface area (Å²) < 4.78 is 56.8. The molecule has 1 aliphatic carbocycles. The number of nitriles is 1. The molecule has 2 aromatic heterocycles. The van der Waals surface area contributed by atoms with E-state index in [9.17, 15) is 22.6 Å². The van der Waals surface area contributed by atoms with Gasteiger partial charge in [0.05, 0.1) is 27.2 Å². The Kier molecular flexibility index (Phi) is 5.14. The quantitative estimate of drug-likeness (QED) is 0.477. The number of hydrogen-bond acceptors (Lipinski definition) is 6. The van der Waals surface area contributed by atoms with E-state index in [2.05, 4.69) is 16.0 Å². The Morgan fingerprint density at radius 2 is 2.10 bits per heavy atom. The number of thioether (sulfide) groups is 1. The van der Waals surface area contributed by atoms with Gasteiger partial charge in [-0.2, -0.15) is 18.4 Å². The molecule has 2 heterocycles. The van der Waals surface area contributed by atoms with Crippen LogP contribution in [0.15, 0.2) is 38.6 Å². The van der Waals surface area contributed by atoms with Crippen LogP contribution in [0.2, 0.25) is 0 Å². The molecule has 4 rings (SSSR count). The fourth-order valence-corrected chi connectivity index (χ4v) is 4.79.